The van der Waals surface area contributed by atoms with E-state index in [0.717, 1.165) is 0 Å². The number of rotatable bonds is 9. The minimum Gasteiger partial charge on any atom is -0.777 e. The summed E-state index contributed by atoms with van der Waals surface area (Å²) in [5.41, 5.74) is 10.1. The number of esters is 1. The van der Waals surface area contributed by atoms with Crippen LogP contribution in [-0.4, -0.2) is 42.3 Å². The molecule has 1 atom stereocenters. The predicted octanol–water partition coefficient (Wildman–Crippen LogP) is -2.89. The molecule has 0 saturated carbocycles. The molecule has 0 aliphatic heterocycles. The van der Waals surface area contributed by atoms with Gasteiger partial charge in [0, 0.05) is 6.07 Å². The fraction of sp³-hybridized carbons (Fsp3) is 0.615. The number of hydrogen-bond donors (Lipinski definition) is 2. The van der Waals surface area contributed by atoms with Crippen molar-refractivity contribution in [3.63, 3.8) is 0 Å². The average Bonchev–Trinajstić information content (AvgIpc) is 2.44. The molecule has 0 aliphatic carbocycles. The SMILES string of the molecule is CC(C)(C)C(=O)OCOP(=O)([O-])COCCOc1cc(N)nc(N)n1.[Na+]. The van der Waals surface area contributed by atoms with E-state index in [-0.39, 0.29) is 60.4 Å². The van der Waals surface area contributed by atoms with E-state index in [0.29, 0.717) is 0 Å². The van der Waals surface area contributed by atoms with Crippen LogP contribution in [0.4, 0.5) is 11.8 Å². The standard InChI is InChI=1S/C13H23N4O7P.Na/c1-13(2,3)11(18)23-7-24-25(19,20)8-21-4-5-22-10-6-9(14)16-12(15)17-10;/h6H,4-5,7-8H2,1-3H3,(H,19,20)(H4,14,15,16,17);/q;+1/p-1. The van der Waals surface area contributed by atoms with Crippen LogP contribution >= 0.6 is 7.60 Å². The van der Waals surface area contributed by atoms with Crippen molar-refractivity contribution in [2.75, 3.05) is 37.8 Å². The summed E-state index contributed by atoms with van der Waals surface area (Å²) in [6.07, 6.45) is -0.697. The summed E-state index contributed by atoms with van der Waals surface area (Å²) < 4.78 is 30.9. The number of anilines is 2. The van der Waals surface area contributed by atoms with Crippen molar-refractivity contribution in [1.29, 1.82) is 0 Å². The summed E-state index contributed by atoms with van der Waals surface area (Å²) in [6, 6.07) is 1.36. The van der Waals surface area contributed by atoms with Gasteiger partial charge in [-0.15, -0.1) is 0 Å². The van der Waals surface area contributed by atoms with Crippen LogP contribution in [0.1, 0.15) is 20.8 Å². The van der Waals surface area contributed by atoms with Crippen LogP contribution in [0.2, 0.25) is 0 Å². The minimum atomic E-state index is -4.30. The first-order valence-electron chi connectivity index (χ1n) is 7.22. The van der Waals surface area contributed by atoms with Gasteiger partial charge in [0.05, 0.1) is 12.0 Å². The average molecular weight is 400 g/mol. The van der Waals surface area contributed by atoms with Crippen molar-refractivity contribution in [1.82, 2.24) is 9.97 Å². The molecule has 1 unspecified atom stereocenters. The fourth-order valence-corrected chi connectivity index (χ4v) is 1.97. The van der Waals surface area contributed by atoms with Crippen LogP contribution < -0.4 is 50.7 Å². The number of hydrogen-bond acceptors (Lipinski definition) is 11. The van der Waals surface area contributed by atoms with Gasteiger partial charge in [-0.2, -0.15) is 9.97 Å². The Morgan fingerprint density at radius 1 is 1.27 bits per heavy atom. The molecule has 1 aromatic heterocycles. The molecule has 1 rings (SSSR count). The monoisotopic (exact) mass is 400 g/mol. The number of nitrogens with zero attached hydrogens (tertiary/aromatic N) is 2. The van der Waals surface area contributed by atoms with Gasteiger partial charge in [-0.25, -0.2) is 0 Å². The van der Waals surface area contributed by atoms with E-state index in [2.05, 4.69) is 14.5 Å². The van der Waals surface area contributed by atoms with Gasteiger partial charge in [-0.1, -0.05) is 0 Å². The zero-order chi connectivity index (χ0) is 19.1. The Kier molecular flexibility index (Phi) is 10.6. The van der Waals surface area contributed by atoms with Gasteiger partial charge in [0.1, 0.15) is 18.8 Å². The van der Waals surface area contributed by atoms with Crippen molar-refractivity contribution in [2.24, 2.45) is 5.41 Å². The number of nitrogen functional groups attached to an aromatic ring is 2. The molecule has 11 nitrogen and oxygen atoms in total. The van der Waals surface area contributed by atoms with Crippen LogP contribution in [-0.2, 0) is 23.4 Å². The predicted molar refractivity (Wildman–Crippen MR) is 86.3 cm³/mol. The van der Waals surface area contributed by atoms with Gasteiger partial charge >= 0.3 is 35.5 Å². The van der Waals surface area contributed by atoms with Crippen LogP contribution in [0, 0.1) is 5.41 Å². The smallest absolute Gasteiger partial charge is 0.777 e. The first-order chi connectivity index (χ1) is 11.5. The summed E-state index contributed by atoms with van der Waals surface area (Å²) in [5, 5.41) is 0. The van der Waals surface area contributed by atoms with Gasteiger partial charge in [-0.05, 0) is 20.8 Å². The maximum absolute atomic E-state index is 11.6. The van der Waals surface area contributed by atoms with Crippen molar-refractivity contribution < 1.29 is 62.5 Å². The maximum Gasteiger partial charge on any atom is 1.00 e. The summed E-state index contributed by atoms with van der Waals surface area (Å²) >= 11 is 0. The third kappa shape index (κ3) is 10.3. The van der Waals surface area contributed by atoms with Crippen molar-refractivity contribution in [3.8, 4) is 5.88 Å². The molecular weight excluding hydrogens is 378 g/mol. The zero-order valence-corrected chi connectivity index (χ0v) is 18.2. The van der Waals surface area contributed by atoms with E-state index < -0.39 is 32.1 Å². The first-order valence-corrected chi connectivity index (χ1v) is 8.95. The maximum atomic E-state index is 11.6. The van der Waals surface area contributed by atoms with Crippen LogP contribution in [0.5, 0.6) is 5.88 Å². The van der Waals surface area contributed by atoms with E-state index in [4.69, 9.17) is 25.7 Å². The molecule has 0 bridgehead atoms. The van der Waals surface area contributed by atoms with Gasteiger partial charge in [0.25, 0.3) is 0 Å². The van der Waals surface area contributed by atoms with E-state index >= 15 is 0 Å². The Bertz CT molecular complexity index is 621. The van der Waals surface area contributed by atoms with Gasteiger partial charge in [0.15, 0.2) is 14.4 Å². The second-order valence-corrected chi connectivity index (χ2v) is 7.65. The molecule has 0 fully saturated rings. The van der Waals surface area contributed by atoms with E-state index in [9.17, 15) is 14.3 Å². The Morgan fingerprint density at radius 3 is 2.50 bits per heavy atom. The number of carbonyl (C=O) groups is 1. The minimum absolute atomic E-state index is 0. The largest absolute Gasteiger partial charge is 1.00 e. The third-order valence-electron chi connectivity index (χ3n) is 2.52. The molecule has 1 heterocycles. The van der Waals surface area contributed by atoms with Gasteiger partial charge in [-0.3, -0.25) is 9.32 Å². The number of ether oxygens (including phenoxy) is 3. The number of nitrogens with two attached hydrogens (primary N) is 2. The molecular formula is C13H22N4NaO7P. The van der Waals surface area contributed by atoms with Crippen LogP contribution in [0.15, 0.2) is 6.07 Å². The summed E-state index contributed by atoms with van der Waals surface area (Å²) in [6.45, 7) is 4.16. The van der Waals surface area contributed by atoms with Crippen LogP contribution in [0.25, 0.3) is 0 Å². The quantitative estimate of drug-likeness (QED) is 0.143. The topological polar surface area (TPSA) is 172 Å². The van der Waals surface area contributed by atoms with Crippen molar-refractivity contribution >= 4 is 25.3 Å². The Hall–Kier alpha value is -0.940. The number of carbonyl (C=O) groups excluding carboxylic acids is 1. The molecule has 0 aromatic carbocycles. The summed E-state index contributed by atoms with van der Waals surface area (Å²) in [4.78, 5) is 30.5. The van der Waals surface area contributed by atoms with Crippen molar-refractivity contribution in [3.05, 3.63) is 6.07 Å². The molecule has 142 valence electrons. The molecule has 13 heteroatoms. The molecule has 26 heavy (non-hydrogen) atoms. The Balaban J connectivity index is 0.00000625. The third-order valence-corrected chi connectivity index (χ3v) is 3.52. The van der Waals surface area contributed by atoms with Crippen LogP contribution in [0.3, 0.4) is 0 Å². The number of aromatic nitrogens is 2. The Morgan fingerprint density at radius 2 is 1.92 bits per heavy atom. The zero-order valence-electron chi connectivity index (χ0n) is 15.3. The second kappa shape index (κ2) is 11.0. The van der Waals surface area contributed by atoms with Gasteiger partial charge < -0.3 is 35.1 Å². The summed E-state index contributed by atoms with van der Waals surface area (Å²) in [7, 11) is -4.30. The molecule has 0 spiro atoms. The molecule has 1 aromatic rings. The first kappa shape index (κ1) is 25.1. The molecule has 0 amide bonds. The van der Waals surface area contributed by atoms with E-state index in [1.165, 1.54) is 6.07 Å². The van der Waals surface area contributed by atoms with E-state index in [1.807, 2.05) is 0 Å². The molecule has 4 N–H and O–H groups in total. The second-order valence-electron chi connectivity index (χ2n) is 5.91. The Labute approximate surface area is 173 Å². The molecule has 0 radical (unpaired) electrons. The van der Waals surface area contributed by atoms with Gasteiger partial charge in [0.2, 0.25) is 11.8 Å². The fourth-order valence-electron chi connectivity index (χ4n) is 1.33. The van der Waals surface area contributed by atoms with E-state index in [1.54, 1.807) is 20.8 Å². The normalized spacial score (nSPS) is 13.4. The summed E-state index contributed by atoms with van der Waals surface area (Å²) in [5.74, 6) is -0.335. The molecule has 0 aliphatic rings. The van der Waals surface area contributed by atoms with Crippen molar-refractivity contribution in [2.45, 2.75) is 20.8 Å². The molecule has 0 saturated heterocycles.